The van der Waals surface area contributed by atoms with Gasteiger partial charge in [0.25, 0.3) is 0 Å². The molecule has 0 aliphatic carbocycles. The van der Waals surface area contributed by atoms with Crippen LogP contribution in [-0.2, 0) is 10.3 Å². The summed E-state index contributed by atoms with van der Waals surface area (Å²) in [6, 6.07) is 25.6. The first-order valence-electron chi connectivity index (χ1n) is 10.5. The van der Waals surface area contributed by atoms with Crippen LogP contribution in [0.25, 0.3) is 21.5 Å². The molecule has 0 saturated heterocycles. The standard InChI is InChI=1S/C28H17FO4/c29-24-15-23(17-8-2-4-10-19(17)26(24)31)28(21-12-6-5-11-20(21)27(32)33-28)22-13-14-25(30)18-9-3-1-7-16(18)22/h1-15,30-31H. The van der Waals surface area contributed by atoms with Crippen LogP contribution in [0.2, 0.25) is 0 Å². The van der Waals surface area contributed by atoms with Crippen molar-refractivity contribution in [2.24, 2.45) is 0 Å². The lowest BCUT2D eigenvalue weighted by molar-refractivity contribution is 0.0259. The quantitative estimate of drug-likeness (QED) is 0.333. The average molecular weight is 436 g/mol. The van der Waals surface area contributed by atoms with E-state index in [2.05, 4.69) is 0 Å². The van der Waals surface area contributed by atoms with Crippen LogP contribution >= 0.6 is 0 Å². The molecular weight excluding hydrogens is 419 g/mol. The Hall–Kier alpha value is -4.38. The van der Waals surface area contributed by atoms with Gasteiger partial charge < -0.3 is 14.9 Å². The topological polar surface area (TPSA) is 66.8 Å². The van der Waals surface area contributed by atoms with Gasteiger partial charge in [-0.3, -0.25) is 0 Å². The van der Waals surface area contributed by atoms with Crippen LogP contribution in [0, 0.1) is 5.82 Å². The second-order valence-corrected chi connectivity index (χ2v) is 8.09. The van der Waals surface area contributed by atoms with E-state index in [9.17, 15) is 15.0 Å². The fourth-order valence-corrected chi connectivity index (χ4v) is 4.97. The third-order valence-corrected chi connectivity index (χ3v) is 6.40. The number of aromatic hydroxyl groups is 2. The monoisotopic (exact) mass is 436 g/mol. The smallest absolute Gasteiger partial charge is 0.340 e. The highest BCUT2D eigenvalue weighted by atomic mass is 19.1. The van der Waals surface area contributed by atoms with Crippen LogP contribution in [0.3, 0.4) is 0 Å². The Morgan fingerprint density at radius 3 is 2.03 bits per heavy atom. The molecular formula is C28H17FO4. The summed E-state index contributed by atoms with van der Waals surface area (Å²) < 4.78 is 21.2. The van der Waals surface area contributed by atoms with E-state index in [-0.39, 0.29) is 5.75 Å². The first-order chi connectivity index (χ1) is 16.0. The molecule has 2 N–H and O–H groups in total. The number of hydrogen-bond acceptors (Lipinski definition) is 4. The van der Waals surface area contributed by atoms with Gasteiger partial charge in [0.1, 0.15) is 5.75 Å². The number of benzene rings is 5. The molecule has 0 fully saturated rings. The number of carbonyl (C=O) groups excluding carboxylic acids is 1. The van der Waals surface area contributed by atoms with Crippen LogP contribution < -0.4 is 0 Å². The number of phenols is 2. The lowest BCUT2D eigenvalue weighted by Gasteiger charge is -2.32. The zero-order chi connectivity index (χ0) is 22.7. The normalized spacial score (nSPS) is 17.3. The van der Waals surface area contributed by atoms with Gasteiger partial charge in [0, 0.05) is 27.5 Å². The van der Waals surface area contributed by atoms with Gasteiger partial charge in [0.05, 0.1) is 5.56 Å². The van der Waals surface area contributed by atoms with Crippen molar-refractivity contribution in [1.29, 1.82) is 0 Å². The molecule has 0 aromatic heterocycles. The van der Waals surface area contributed by atoms with Crippen molar-refractivity contribution in [1.82, 2.24) is 0 Å². The molecule has 160 valence electrons. The molecule has 0 spiro atoms. The van der Waals surface area contributed by atoms with E-state index in [0.29, 0.717) is 43.8 Å². The SMILES string of the molecule is O=C1OC(c2ccc(O)c3ccccc23)(c2cc(F)c(O)c3ccccc23)c2ccccc21. The molecule has 1 aliphatic rings. The third kappa shape index (κ3) is 2.53. The van der Waals surface area contributed by atoms with Crippen LogP contribution in [0.5, 0.6) is 11.5 Å². The molecule has 1 aliphatic heterocycles. The molecule has 1 heterocycles. The Balaban J connectivity index is 1.84. The summed E-state index contributed by atoms with van der Waals surface area (Å²) in [4.78, 5) is 13.1. The predicted octanol–water partition coefficient (Wildman–Crippen LogP) is 6.01. The van der Waals surface area contributed by atoms with E-state index in [4.69, 9.17) is 4.74 Å². The minimum absolute atomic E-state index is 0.0869. The van der Waals surface area contributed by atoms with Gasteiger partial charge in [-0.05, 0) is 35.0 Å². The van der Waals surface area contributed by atoms with E-state index in [1.165, 1.54) is 6.07 Å². The molecule has 4 nitrogen and oxygen atoms in total. The Kier molecular flexibility index (Phi) is 3.98. The molecule has 0 amide bonds. The fourth-order valence-electron chi connectivity index (χ4n) is 4.97. The first kappa shape index (κ1) is 19.3. The Morgan fingerprint density at radius 2 is 1.27 bits per heavy atom. The lowest BCUT2D eigenvalue weighted by atomic mass is 9.76. The summed E-state index contributed by atoms with van der Waals surface area (Å²) in [7, 11) is 0. The summed E-state index contributed by atoms with van der Waals surface area (Å²) in [6.45, 7) is 0. The summed E-state index contributed by atoms with van der Waals surface area (Å²) in [5, 5.41) is 23.0. The zero-order valence-corrected chi connectivity index (χ0v) is 17.2. The van der Waals surface area contributed by atoms with E-state index in [1.807, 2.05) is 18.2 Å². The highest BCUT2D eigenvalue weighted by molar-refractivity contribution is 6.02. The molecule has 5 aromatic rings. The highest BCUT2D eigenvalue weighted by Crippen LogP contribution is 2.52. The number of phenolic OH excluding ortho intramolecular Hbond substituents is 2. The van der Waals surface area contributed by atoms with Crippen LogP contribution in [0.15, 0.2) is 91.0 Å². The number of ether oxygens (including phenoxy) is 1. The van der Waals surface area contributed by atoms with Crippen LogP contribution in [0.1, 0.15) is 27.0 Å². The predicted molar refractivity (Wildman–Crippen MR) is 123 cm³/mol. The number of halogens is 1. The number of fused-ring (bicyclic) bond motifs is 3. The van der Waals surface area contributed by atoms with Crippen molar-refractivity contribution in [3.8, 4) is 11.5 Å². The summed E-state index contributed by atoms with van der Waals surface area (Å²) in [5.41, 5.74) is 0.440. The van der Waals surface area contributed by atoms with Gasteiger partial charge in [-0.15, -0.1) is 0 Å². The van der Waals surface area contributed by atoms with Gasteiger partial charge in [-0.25, -0.2) is 9.18 Å². The summed E-state index contributed by atoms with van der Waals surface area (Å²) in [5.74, 6) is -1.71. The van der Waals surface area contributed by atoms with Crippen molar-refractivity contribution in [2.75, 3.05) is 0 Å². The lowest BCUT2D eigenvalue weighted by Crippen LogP contribution is -2.30. The maximum absolute atomic E-state index is 15.1. The van der Waals surface area contributed by atoms with Crippen molar-refractivity contribution in [3.05, 3.63) is 119 Å². The average Bonchev–Trinajstić information content (AvgIpc) is 3.15. The fraction of sp³-hybridized carbons (Fsp3) is 0.0357. The molecule has 5 aromatic carbocycles. The van der Waals surface area contributed by atoms with E-state index in [0.717, 1.165) is 0 Å². The zero-order valence-electron chi connectivity index (χ0n) is 17.2. The molecule has 5 heteroatoms. The Labute approximate surface area is 188 Å². The minimum atomic E-state index is -1.49. The van der Waals surface area contributed by atoms with Crippen molar-refractivity contribution in [3.63, 3.8) is 0 Å². The first-order valence-corrected chi connectivity index (χ1v) is 10.5. The molecule has 1 unspecified atom stereocenters. The van der Waals surface area contributed by atoms with E-state index >= 15 is 4.39 Å². The minimum Gasteiger partial charge on any atom is -0.507 e. The number of hydrogen-bond donors (Lipinski definition) is 2. The number of esters is 1. The maximum Gasteiger partial charge on any atom is 0.340 e. The van der Waals surface area contributed by atoms with E-state index < -0.39 is 23.1 Å². The van der Waals surface area contributed by atoms with Gasteiger partial charge in [0.15, 0.2) is 17.2 Å². The second kappa shape index (κ2) is 6.81. The Morgan fingerprint density at radius 1 is 0.667 bits per heavy atom. The third-order valence-electron chi connectivity index (χ3n) is 6.40. The number of cyclic esters (lactones) is 1. The molecule has 6 rings (SSSR count). The van der Waals surface area contributed by atoms with Gasteiger partial charge in [0.2, 0.25) is 0 Å². The van der Waals surface area contributed by atoms with Gasteiger partial charge in [-0.1, -0.05) is 66.7 Å². The molecule has 33 heavy (non-hydrogen) atoms. The number of rotatable bonds is 2. The largest absolute Gasteiger partial charge is 0.507 e. The summed E-state index contributed by atoms with van der Waals surface area (Å²) >= 11 is 0. The second-order valence-electron chi connectivity index (χ2n) is 8.09. The van der Waals surface area contributed by atoms with Crippen LogP contribution in [-0.4, -0.2) is 16.2 Å². The number of carbonyl (C=O) groups is 1. The summed E-state index contributed by atoms with van der Waals surface area (Å²) in [6.07, 6.45) is 0. The van der Waals surface area contributed by atoms with Gasteiger partial charge >= 0.3 is 5.97 Å². The molecule has 0 bridgehead atoms. The van der Waals surface area contributed by atoms with Crippen molar-refractivity contribution < 1.29 is 24.1 Å². The van der Waals surface area contributed by atoms with Crippen molar-refractivity contribution >= 4 is 27.5 Å². The van der Waals surface area contributed by atoms with Crippen LogP contribution in [0.4, 0.5) is 4.39 Å². The van der Waals surface area contributed by atoms with Gasteiger partial charge in [-0.2, -0.15) is 0 Å². The van der Waals surface area contributed by atoms with Crippen molar-refractivity contribution in [2.45, 2.75) is 5.60 Å². The molecule has 1 atom stereocenters. The highest BCUT2D eigenvalue weighted by Gasteiger charge is 2.50. The van der Waals surface area contributed by atoms with E-state index in [1.54, 1.807) is 66.7 Å². The molecule has 0 saturated carbocycles. The Bertz CT molecular complexity index is 1610. The molecule has 0 radical (unpaired) electrons. The maximum atomic E-state index is 15.1.